The molecule has 1 saturated heterocycles. The molecule has 3 rings (SSSR count). The SMILES string of the molecule is Fc1cc(F)c(N2CCCNC3(CCCCC3)C2)c(Cl)c1. The van der Waals surface area contributed by atoms with E-state index in [1.807, 2.05) is 4.90 Å². The fourth-order valence-corrected chi connectivity index (χ4v) is 4.03. The van der Waals surface area contributed by atoms with Gasteiger partial charge in [-0.05, 0) is 31.9 Å². The molecule has 0 aromatic heterocycles. The molecule has 2 aliphatic rings. The Bertz CT molecular complexity index is 492. The Morgan fingerprint density at radius 1 is 1.10 bits per heavy atom. The van der Waals surface area contributed by atoms with Gasteiger partial charge in [-0.15, -0.1) is 0 Å². The van der Waals surface area contributed by atoms with Crippen molar-refractivity contribution in [2.24, 2.45) is 0 Å². The van der Waals surface area contributed by atoms with Gasteiger partial charge in [0.25, 0.3) is 0 Å². The Hall–Kier alpha value is -0.870. The Morgan fingerprint density at radius 2 is 1.86 bits per heavy atom. The third-order valence-corrected chi connectivity index (χ3v) is 5.00. The lowest BCUT2D eigenvalue weighted by Gasteiger charge is -2.40. The first-order chi connectivity index (χ1) is 10.1. The van der Waals surface area contributed by atoms with E-state index in [1.165, 1.54) is 25.3 Å². The van der Waals surface area contributed by atoms with Crippen LogP contribution >= 0.6 is 11.6 Å². The zero-order chi connectivity index (χ0) is 14.9. The second-order valence-corrected chi connectivity index (χ2v) is 6.67. The first-order valence-electron chi connectivity index (χ1n) is 7.74. The third kappa shape index (κ3) is 3.16. The predicted octanol–water partition coefficient (Wildman–Crippen LogP) is 4.12. The van der Waals surface area contributed by atoms with Crippen LogP contribution in [0.15, 0.2) is 12.1 Å². The standard InChI is InChI=1S/C16H21ClF2N2/c17-13-9-12(18)10-14(19)15(13)21-8-4-7-20-16(11-21)5-2-1-3-6-16/h9-10,20H,1-8,11H2. The van der Waals surface area contributed by atoms with E-state index in [-0.39, 0.29) is 10.6 Å². The summed E-state index contributed by atoms with van der Waals surface area (Å²) in [7, 11) is 0. The highest BCUT2D eigenvalue weighted by atomic mass is 35.5. The first kappa shape index (κ1) is 15.0. The van der Waals surface area contributed by atoms with Crippen LogP contribution in [-0.4, -0.2) is 25.2 Å². The van der Waals surface area contributed by atoms with Crippen LogP contribution in [0.1, 0.15) is 38.5 Å². The quantitative estimate of drug-likeness (QED) is 0.839. The van der Waals surface area contributed by atoms with Gasteiger partial charge in [0, 0.05) is 24.7 Å². The van der Waals surface area contributed by atoms with Gasteiger partial charge in [0.05, 0.1) is 10.7 Å². The molecule has 1 heterocycles. The summed E-state index contributed by atoms with van der Waals surface area (Å²) in [6, 6.07) is 2.12. The highest BCUT2D eigenvalue weighted by Crippen LogP contribution is 2.36. The van der Waals surface area contributed by atoms with Crippen LogP contribution in [0.4, 0.5) is 14.5 Å². The number of halogens is 3. The number of benzene rings is 1. The fraction of sp³-hybridized carbons (Fsp3) is 0.625. The van der Waals surface area contributed by atoms with E-state index < -0.39 is 11.6 Å². The van der Waals surface area contributed by atoms with Gasteiger partial charge in [0.2, 0.25) is 0 Å². The van der Waals surface area contributed by atoms with Crippen molar-refractivity contribution in [3.63, 3.8) is 0 Å². The van der Waals surface area contributed by atoms with Crippen LogP contribution in [0.25, 0.3) is 0 Å². The van der Waals surface area contributed by atoms with E-state index in [0.717, 1.165) is 45.0 Å². The zero-order valence-corrected chi connectivity index (χ0v) is 12.9. The van der Waals surface area contributed by atoms with Gasteiger partial charge in [-0.2, -0.15) is 0 Å². The number of hydrogen-bond acceptors (Lipinski definition) is 2. The monoisotopic (exact) mass is 314 g/mol. The minimum atomic E-state index is -0.624. The second-order valence-electron chi connectivity index (χ2n) is 6.26. The molecular weight excluding hydrogens is 294 g/mol. The predicted molar refractivity (Wildman–Crippen MR) is 82.0 cm³/mol. The minimum absolute atomic E-state index is 0.0545. The summed E-state index contributed by atoms with van der Waals surface area (Å²) in [6.45, 7) is 2.43. The summed E-state index contributed by atoms with van der Waals surface area (Å²) < 4.78 is 27.4. The summed E-state index contributed by atoms with van der Waals surface area (Å²) in [5, 5.41) is 3.83. The third-order valence-electron chi connectivity index (χ3n) is 4.71. The molecule has 1 spiro atoms. The Morgan fingerprint density at radius 3 is 2.57 bits per heavy atom. The first-order valence-corrected chi connectivity index (χ1v) is 8.12. The molecule has 2 nitrogen and oxygen atoms in total. The van der Waals surface area contributed by atoms with E-state index in [9.17, 15) is 8.78 Å². The maximum Gasteiger partial charge on any atom is 0.150 e. The average molecular weight is 315 g/mol. The van der Waals surface area contributed by atoms with Crippen molar-refractivity contribution in [3.05, 3.63) is 28.8 Å². The summed E-state index contributed by atoms with van der Waals surface area (Å²) in [4.78, 5) is 2.00. The van der Waals surface area contributed by atoms with Crippen molar-refractivity contribution in [3.8, 4) is 0 Å². The van der Waals surface area contributed by atoms with Gasteiger partial charge in [0.1, 0.15) is 5.82 Å². The Kier molecular flexibility index (Phi) is 4.36. The number of nitrogens with zero attached hydrogens (tertiary/aromatic N) is 1. The Balaban J connectivity index is 1.90. The van der Waals surface area contributed by atoms with Crippen LogP contribution in [0.2, 0.25) is 5.02 Å². The van der Waals surface area contributed by atoms with E-state index in [2.05, 4.69) is 5.32 Å². The fourth-order valence-electron chi connectivity index (χ4n) is 3.71. The lowest BCUT2D eigenvalue weighted by Crippen LogP contribution is -2.52. The van der Waals surface area contributed by atoms with Crippen molar-refractivity contribution >= 4 is 17.3 Å². The van der Waals surface area contributed by atoms with E-state index >= 15 is 0 Å². The average Bonchev–Trinajstić information content (AvgIpc) is 2.61. The van der Waals surface area contributed by atoms with Gasteiger partial charge < -0.3 is 10.2 Å². The summed E-state index contributed by atoms with van der Waals surface area (Å²) >= 11 is 6.11. The van der Waals surface area contributed by atoms with Crippen LogP contribution < -0.4 is 10.2 Å². The maximum absolute atomic E-state index is 14.2. The molecule has 0 amide bonds. The molecule has 116 valence electrons. The van der Waals surface area contributed by atoms with Crippen molar-refractivity contribution in [2.45, 2.75) is 44.1 Å². The summed E-state index contributed by atoms with van der Waals surface area (Å²) in [5.41, 5.74) is 0.408. The number of rotatable bonds is 1. The highest BCUT2D eigenvalue weighted by molar-refractivity contribution is 6.33. The molecule has 2 fully saturated rings. The number of hydrogen-bond donors (Lipinski definition) is 1. The molecule has 5 heteroatoms. The Labute approximate surface area is 129 Å². The molecule has 0 unspecified atom stereocenters. The van der Waals surface area contributed by atoms with Gasteiger partial charge in [-0.3, -0.25) is 0 Å². The molecule has 0 atom stereocenters. The summed E-state index contributed by atoms with van der Waals surface area (Å²) in [6.07, 6.45) is 6.86. The highest BCUT2D eigenvalue weighted by Gasteiger charge is 2.36. The minimum Gasteiger partial charge on any atom is -0.366 e. The largest absolute Gasteiger partial charge is 0.366 e. The smallest absolute Gasteiger partial charge is 0.150 e. The second kappa shape index (κ2) is 6.09. The molecule has 1 aliphatic heterocycles. The molecule has 0 radical (unpaired) electrons. The van der Waals surface area contributed by atoms with Crippen molar-refractivity contribution in [1.82, 2.24) is 5.32 Å². The van der Waals surface area contributed by atoms with Gasteiger partial charge >= 0.3 is 0 Å². The maximum atomic E-state index is 14.2. The van der Waals surface area contributed by atoms with E-state index in [0.29, 0.717) is 5.69 Å². The van der Waals surface area contributed by atoms with Crippen molar-refractivity contribution in [1.29, 1.82) is 0 Å². The van der Waals surface area contributed by atoms with Crippen molar-refractivity contribution in [2.75, 3.05) is 24.5 Å². The van der Waals surface area contributed by atoms with Gasteiger partial charge in [0.15, 0.2) is 5.82 Å². The molecular formula is C16H21ClF2N2. The van der Waals surface area contributed by atoms with E-state index in [4.69, 9.17) is 11.6 Å². The van der Waals surface area contributed by atoms with Crippen LogP contribution in [0.3, 0.4) is 0 Å². The molecule has 0 bridgehead atoms. The van der Waals surface area contributed by atoms with Crippen molar-refractivity contribution < 1.29 is 8.78 Å². The molecule has 1 aromatic rings. The van der Waals surface area contributed by atoms with Gasteiger partial charge in [-0.25, -0.2) is 8.78 Å². The topological polar surface area (TPSA) is 15.3 Å². The molecule has 1 N–H and O–H groups in total. The van der Waals surface area contributed by atoms with Gasteiger partial charge in [-0.1, -0.05) is 30.9 Å². The summed E-state index contributed by atoms with van der Waals surface area (Å²) in [5.74, 6) is -1.19. The molecule has 1 saturated carbocycles. The van der Waals surface area contributed by atoms with Crippen LogP contribution in [-0.2, 0) is 0 Å². The van der Waals surface area contributed by atoms with E-state index in [1.54, 1.807) is 0 Å². The number of anilines is 1. The van der Waals surface area contributed by atoms with Crippen LogP contribution in [0.5, 0.6) is 0 Å². The molecule has 21 heavy (non-hydrogen) atoms. The van der Waals surface area contributed by atoms with Crippen LogP contribution in [0, 0.1) is 11.6 Å². The zero-order valence-electron chi connectivity index (χ0n) is 12.1. The molecule has 1 aromatic carbocycles. The molecule has 1 aliphatic carbocycles. The normalized spacial score (nSPS) is 22.3. The number of nitrogens with one attached hydrogen (secondary N) is 1. The lowest BCUT2D eigenvalue weighted by atomic mass is 9.81. The lowest BCUT2D eigenvalue weighted by molar-refractivity contribution is 0.246.